The topological polar surface area (TPSA) is 13.0 Å². The monoisotopic (exact) mass is 612 g/mol. The third kappa shape index (κ3) is 5.42. The van der Waals surface area contributed by atoms with Gasteiger partial charge in [0.2, 0.25) is 0 Å². The third-order valence-electron chi connectivity index (χ3n) is 9.13. The average molecular weight is 613 g/mol. The zero-order chi connectivity index (χ0) is 32.5. The van der Waals surface area contributed by atoms with E-state index in [2.05, 4.69) is 170 Å². The smallest absolute Gasteiger partial charge is 0.165 e. The van der Waals surface area contributed by atoms with Crippen LogP contribution in [0, 0.1) is 27.7 Å². The summed E-state index contributed by atoms with van der Waals surface area (Å²) in [6, 6.07) is 53.6. The molecule has 0 N–H and O–H groups in total. The Bertz CT molecular complexity index is 1940. The molecule has 0 spiro atoms. The van der Waals surface area contributed by atoms with Crippen LogP contribution in [0.5, 0.6) is 0 Å². The number of fused-ring (bicyclic) bond motifs is 2. The van der Waals surface area contributed by atoms with Gasteiger partial charge in [0.05, 0.1) is 22.7 Å². The van der Waals surface area contributed by atoms with Crippen LogP contribution in [0.25, 0.3) is 0 Å². The fraction of sp³-hybridized carbons (Fsp3) is 0.116. The van der Waals surface area contributed by atoms with Gasteiger partial charge in [0.15, 0.2) is 11.6 Å². The van der Waals surface area contributed by atoms with Crippen molar-refractivity contribution in [2.75, 3.05) is 26.6 Å². The fourth-order valence-electron chi connectivity index (χ4n) is 6.43. The number of benzene rings is 6. The Labute approximate surface area is 279 Å². The first-order chi connectivity index (χ1) is 22.9. The maximum atomic E-state index is 2.43. The summed E-state index contributed by atoms with van der Waals surface area (Å²) in [5.41, 5.74) is 13.2. The number of nitrogens with zero attached hydrogens (tertiary/aromatic N) is 4. The zero-order valence-corrected chi connectivity index (χ0v) is 27.7. The highest BCUT2D eigenvalue weighted by Crippen LogP contribution is 2.55. The van der Waals surface area contributed by atoms with E-state index < -0.39 is 0 Å². The highest BCUT2D eigenvalue weighted by molar-refractivity contribution is 5.98. The summed E-state index contributed by atoms with van der Waals surface area (Å²) in [5, 5.41) is 0. The molecule has 8 rings (SSSR count). The summed E-state index contributed by atoms with van der Waals surface area (Å²) >= 11 is 0. The Morgan fingerprint density at radius 1 is 0.319 bits per heavy atom. The summed E-state index contributed by atoms with van der Waals surface area (Å²) in [6.07, 6.45) is 0. The Morgan fingerprint density at radius 2 is 0.574 bits per heavy atom. The van der Waals surface area contributed by atoms with Gasteiger partial charge in [-0.2, -0.15) is 0 Å². The first-order valence-corrected chi connectivity index (χ1v) is 16.2. The molecule has 2 heterocycles. The first kappa shape index (κ1) is 29.9. The van der Waals surface area contributed by atoms with E-state index in [1.165, 1.54) is 45.0 Å². The van der Waals surface area contributed by atoms with E-state index in [0.29, 0.717) is 0 Å². The van der Waals surface area contributed by atoms with E-state index in [1.807, 2.05) is 36.4 Å². The van der Waals surface area contributed by atoms with Crippen LogP contribution in [0.4, 0.5) is 39.8 Å². The van der Waals surface area contributed by atoms with Crippen LogP contribution >= 0.6 is 0 Å². The van der Waals surface area contributed by atoms with Crippen molar-refractivity contribution in [3.63, 3.8) is 0 Å². The molecule has 0 radical (unpaired) electrons. The molecule has 6 aromatic rings. The van der Waals surface area contributed by atoms with E-state index >= 15 is 0 Å². The number of hydrogen-bond acceptors (Lipinski definition) is 4. The molecule has 0 atom stereocenters. The van der Waals surface area contributed by atoms with Gasteiger partial charge in [0.25, 0.3) is 0 Å². The van der Waals surface area contributed by atoms with Gasteiger partial charge < -0.3 is 4.90 Å². The number of para-hydroxylation sites is 3. The lowest BCUT2D eigenvalue weighted by atomic mass is 10.1. The van der Waals surface area contributed by atoms with Crippen LogP contribution in [0.15, 0.2) is 163 Å². The van der Waals surface area contributed by atoms with Crippen molar-refractivity contribution in [2.45, 2.75) is 27.7 Å². The lowest BCUT2D eigenvalue weighted by Gasteiger charge is -2.33. The lowest BCUT2D eigenvalue weighted by molar-refractivity contribution is 0.985. The second-order valence-electron chi connectivity index (χ2n) is 12.2. The zero-order valence-electron chi connectivity index (χ0n) is 27.7. The van der Waals surface area contributed by atoms with Crippen molar-refractivity contribution < 1.29 is 0 Å². The molecule has 0 aliphatic carbocycles. The van der Waals surface area contributed by atoms with Crippen LogP contribution in [0.2, 0.25) is 0 Å². The minimum atomic E-state index is 1.10. The van der Waals surface area contributed by atoms with Crippen molar-refractivity contribution in [3.8, 4) is 0 Å². The molecule has 0 saturated carbocycles. The predicted octanol–water partition coefficient (Wildman–Crippen LogP) is 11.3. The summed E-state index contributed by atoms with van der Waals surface area (Å²) in [7, 11) is 2.20. The number of anilines is 7. The Morgan fingerprint density at radius 3 is 0.915 bits per heavy atom. The molecule has 0 bridgehead atoms. The lowest BCUT2D eigenvalue weighted by Crippen LogP contribution is -2.33. The quantitative estimate of drug-likeness (QED) is 0.197. The number of aryl methyl sites for hydroxylation is 4. The fourth-order valence-corrected chi connectivity index (χ4v) is 6.43. The normalized spacial score (nSPS) is 13.4. The summed E-state index contributed by atoms with van der Waals surface area (Å²) in [6.45, 7) is 8.81. The van der Waals surface area contributed by atoms with Gasteiger partial charge in [-0.3, -0.25) is 14.7 Å². The molecule has 2 aliphatic heterocycles. The minimum Gasteiger partial charge on any atom is -0.326 e. The van der Waals surface area contributed by atoms with Gasteiger partial charge in [-0.25, -0.2) is 0 Å². The van der Waals surface area contributed by atoms with Crippen molar-refractivity contribution in [3.05, 3.63) is 186 Å². The molecule has 0 aromatic heterocycles. The predicted molar refractivity (Wildman–Crippen MR) is 199 cm³/mol. The minimum absolute atomic E-state index is 1.10. The van der Waals surface area contributed by atoms with Gasteiger partial charge >= 0.3 is 0 Å². The molecule has 6 aromatic carbocycles. The maximum absolute atomic E-state index is 2.43. The van der Waals surface area contributed by atoms with Crippen LogP contribution in [0.1, 0.15) is 22.3 Å². The maximum Gasteiger partial charge on any atom is 0.165 e. The highest BCUT2D eigenvalue weighted by atomic mass is 15.5. The van der Waals surface area contributed by atoms with Gasteiger partial charge in [-0.1, -0.05) is 91.0 Å². The second-order valence-corrected chi connectivity index (χ2v) is 12.2. The Hall–Kier alpha value is -5.74. The average Bonchev–Trinajstić information content (AvgIpc) is 3.57. The van der Waals surface area contributed by atoms with Crippen molar-refractivity contribution in [1.29, 1.82) is 0 Å². The van der Waals surface area contributed by atoms with Gasteiger partial charge in [0, 0.05) is 24.1 Å². The summed E-state index contributed by atoms with van der Waals surface area (Å²) < 4.78 is 0. The first-order valence-electron chi connectivity index (χ1n) is 16.2. The van der Waals surface area contributed by atoms with E-state index in [-0.39, 0.29) is 0 Å². The molecule has 0 saturated heterocycles. The third-order valence-corrected chi connectivity index (χ3v) is 9.13. The molecule has 4 heteroatoms. The molecular weight excluding hydrogens is 573 g/mol. The Balaban J connectivity index is 0.000000529. The molecule has 0 fully saturated rings. The van der Waals surface area contributed by atoms with E-state index in [0.717, 1.165) is 28.7 Å². The van der Waals surface area contributed by atoms with Crippen LogP contribution in [-0.4, -0.2) is 7.05 Å². The van der Waals surface area contributed by atoms with Crippen molar-refractivity contribution >= 4 is 39.8 Å². The molecule has 232 valence electrons. The largest absolute Gasteiger partial charge is 0.326 e. The standard InChI is InChI=1S/C37H34N4.C6H6/c1-25-21-32-33(22-26(25)2)39(29-15-9-6-10-16-29)36(38(32)5)37-40(30-17-11-7-12-18-30)34-23-27(3)28(4)24-35(34)41(37)31-19-13-8-14-20-31;1-2-4-6-5-3-1/h6-24H,1-5H3;1-6H. The van der Waals surface area contributed by atoms with Crippen molar-refractivity contribution in [1.82, 2.24) is 0 Å². The van der Waals surface area contributed by atoms with Gasteiger partial charge in [-0.15, -0.1) is 0 Å². The SMILES string of the molecule is Cc1cc2c(cc1C)N(c1ccccc1)C(=C1N(c3ccccc3)c3cc(C)c(C)cc3N1c1ccccc1)N2C.c1ccccc1. The molecule has 0 unspecified atom stereocenters. The van der Waals surface area contributed by atoms with Crippen LogP contribution in [0.3, 0.4) is 0 Å². The second kappa shape index (κ2) is 12.6. The molecule has 4 nitrogen and oxygen atoms in total. The number of rotatable bonds is 3. The summed E-state index contributed by atoms with van der Waals surface area (Å²) in [5.74, 6) is 2.20. The molecule has 2 aliphatic rings. The Kier molecular flexibility index (Phi) is 8.01. The molecule has 47 heavy (non-hydrogen) atoms. The molecule has 0 amide bonds. The van der Waals surface area contributed by atoms with E-state index in [1.54, 1.807) is 0 Å². The van der Waals surface area contributed by atoms with Gasteiger partial charge in [-0.05, 0) is 111 Å². The van der Waals surface area contributed by atoms with Gasteiger partial charge in [0.1, 0.15) is 0 Å². The van der Waals surface area contributed by atoms with E-state index in [4.69, 9.17) is 0 Å². The van der Waals surface area contributed by atoms with Crippen LogP contribution < -0.4 is 19.6 Å². The summed E-state index contributed by atoms with van der Waals surface area (Å²) in [4.78, 5) is 9.65. The molecular formula is C43H40N4. The van der Waals surface area contributed by atoms with E-state index in [9.17, 15) is 0 Å². The van der Waals surface area contributed by atoms with Crippen LogP contribution in [-0.2, 0) is 0 Å². The highest BCUT2D eigenvalue weighted by Gasteiger charge is 2.43. The number of hydrogen-bond donors (Lipinski definition) is 0. The van der Waals surface area contributed by atoms with Crippen molar-refractivity contribution in [2.24, 2.45) is 0 Å².